The van der Waals surface area contributed by atoms with Crippen LogP contribution in [-0.2, 0) is 0 Å². The number of hydrogen-bond donors (Lipinski definition) is 1. The molecule has 0 spiro atoms. The molecule has 0 radical (unpaired) electrons. The van der Waals surface area contributed by atoms with Crippen LogP contribution in [0.4, 0.5) is 0 Å². The van der Waals surface area contributed by atoms with Crippen LogP contribution in [0.1, 0.15) is 12.8 Å². The van der Waals surface area contributed by atoms with Gasteiger partial charge in [0, 0.05) is 11.9 Å². The summed E-state index contributed by atoms with van der Waals surface area (Å²) in [7, 11) is 0. The molecule has 42 valence electrons. The average molecular weight is 120 g/mol. The van der Waals surface area contributed by atoms with Gasteiger partial charge < -0.3 is 5.32 Å². The van der Waals surface area contributed by atoms with Crippen molar-refractivity contribution in [1.82, 2.24) is 5.32 Å². The quantitative estimate of drug-likeness (QED) is 0.508. The lowest BCUT2D eigenvalue weighted by molar-refractivity contribution is 0.670. The molecule has 1 nitrogen and oxygen atoms in total. The normalized spacial score (nSPS) is 31.3. The smallest absolute Gasteiger partial charge is 0.0377 e. The fourth-order valence-corrected chi connectivity index (χ4v) is 1.15. The van der Waals surface area contributed by atoms with Crippen LogP contribution in [0.3, 0.4) is 0 Å². The molecule has 1 N–H and O–H groups in total. The largest absolute Gasteiger partial charge is 0.313 e. The van der Waals surface area contributed by atoms with E-state index in [1.165, 1.54) is 12.8 Å². The van der Waals surface area contributed by atoms with Gasteiger partial charge in [-0.2, -0.15) is 0 Å². The first-order valence-corrected chi connectivity index (χ1v) is 3.26. The minimum absolute atomic E-state index is 0.613. The Kier molecular flexibility index (Phi) is 1.95. The molecule has 0 amide bonds. The second-order valence-corrected chi connectivity index (χ2v) is 2.26. The van der Waals surface area contributed by atoms with E-state index in [0.29, 0.717) is 6.04 Å². The van der Waals surface area contributed by atoms with Gasteiger partial charge in [0.1, 0.15) is 0 Å². The maximum absolute atomic E-state index is 5.55. The zero-order chi connectivity index (χ0) is 5.11. The Hall–Kier alpha value is 0.250. The molecule has 7 heavy (non-hydrogen) atoms. The molecule has 1 fully saturated rings. The highest BCUT2D eigenvalue weighted by atomic mass is 35.5. The number of halogens is 1. The average Bonchev–Trinajstić information content (AvgIpc) is 2.14. The molecule has 0 aromatic heterocycles. The molecule has 1 aliphatic heterocycles. The summed E-state index contributed by atoms with van der Waals surface area (Å²) >= 11 is 5.55. The summed E-state index contributed by atoms with van der Waals surface area (Å²) in [6.45, 7) is 1.16. The van der Waals surface area contributed by atoms with Gasteiger partial charge in [0.15, 0.2) is 0 Å². The van der Waals surface area contributed by atoms with E-state index in [4.69, 9.17) is 11.6 Å². The number of nitrogens with one attached hydrogen (secondary N) is 1. The van der Waals surface area contributed by atoms with Crippen LogP contribution in [0.2, 0.25) is 0 Å². The molecule has 1 rings (SSSR count). The Morgan fingerprint density at radius 3 is 2.86 bits per heavy atom. The standard InChI is InChI=1S/C5H10ClN/c6-4-5-2-1-3-7-5/h5,7H,1-4H2/t5-/m1/s1. The Morgan fingerprint density at radius 1 is 1.71 bits per heavy atom. The summed E-state index contributed by atoms with van der Waals surface area (Å²) in [5.41, 5.74) is 0. The molecule has 0 aromatic carbocycles. The summed E-state index contributed by atoms with van der Waals surface area (Å²) < 4.78 is 0. The van der Waals surface area contributed by atoms with Crippen LogP contribution in [0.5, 0.6) is 0 Å². The highest BCUT2D eigenvalue weighted by Gasteiger charge is 2.10. The van der Waals surface area contributed by atoms with Crippen LogP contribution in [0, 0.1) is 0 Å². The van der Waals surface area contributed by atoms with Crippen LogP contribution >= 0.6 is 11.6 Å². The number of alkyl halides is 1. The van der Waals surface area contributed by atoms with Gasteiger partial charge in [-0.3, -0.25) is 0 Å². The number of hydrogen-bond acceptors (Lipinski definition) is 1. The van der Waals surface area contributed by atoms with Crippen molar-refractivity contribution in [3.63, 3.8) is 0 Å². The summed E-state index contributed by atoms with van der Waals surface area (Å²) in [4.78, 5) is 0. The van der Waals surface area contributed by atoms with Crippen molar-refractivity contribution < 1.29 is 0 Å². The highest BCUT2D eigenvalue weighted by Crippen LogP contribution is 2.04. The third-order valence-corrected chi connectivity index (χ3v) is 1.72. The minimum Gasteiger partial charge on any atom is -0.313 e. The third kappa shape index (κ3) is 1.32. The van der Waals surface area contributed by atoms with Crippen LogP contribution in [0.25, 0.3) is 0 Å². The van der Waals surface area contributed by atoms with E-state index in [-0.39, 0.29) is 0 Å². The summed E-state index contributed by atoms with van der Waals surface area (Å²) in [6, 6.07) is 0.613. The van der Waals surface area contributed by atoms with Gasteiger partial charge in [0.25, 0.3) is 0 Å². The topological polar surface area (TPSA) is 12.0 Å². The van der Waals surface area contributed by atoms with Gasteiger partial charge in [0.05, 0.1) is 0 Å². The summed E-state index contributed by atoms with van der Waals surface area (Å²) in [6.07, 6.45) is 2.57. The van der Waals surface area contributed by atoms with Crippen LogP contribution in [0.15, 0.2) is 0 Å². The van der Waals surface area contributed by atoms with E-state index in [1.54, 1.807) is 0 Å². The van der Waals surface area contributed by atoms with E-state index in [1.807, 2.05) is 0 Å². The molecule has 1 heterocycles. The van der Waals surface area contributed by atoms with Gasteiger partial charge in [-0.05, 0) is 19.4 Å². The molecular weight excluding hydrogens is 110 g/mol. The third-order valence-electron chi connectivity index (χ3n) is 1.35. The van der Waals surface area contributed by atoms with Crippen molar-refractivity contribution in [1.29, 1.82) is 0 Å². The molecule has 1 atom stereocenters. The predicted octanol–water partition coefficient (Wildman–Crippen LogP) is 0.977. The van der Waals surface area contributed by atoms with E-state index >= 15 is 0 Å². The van der Waals surface area contributed by atoms with Crippen molar-refractivity contribution in [3.05, 3.63) is 0 Å². The van der Waals surface area contributed by atoms with Crippen molar-refractivity contribution >= 4 is 11.6 Å². The second kappa shape index (κ2) is 2.53. The Labute approximate surface area is 49.0 Å². The molecule has 0 bridgehead atoms. The van der Waals surface area contributed by atoms with Gasteiger partial charge in [-0.1, -0.05) is 0 Å². The van der Waals surface area contributed by atoms with Gasteiger partial charge in [0.2, 0.25) is 0 Å². The van der Waals surface area contributed by atoms with E-state index in [0.717, 1.165) is 12.4 Å². The van der Waals surface area contributed by atoms with E-state index in [2.05, 4.69) is 5.32 Å². The van der Waals surface area contributed by atoms with Gasteiger partial charge in [-0.15, -0.1) is 11.6 Å². The lowest BCUT2D eigenvalue weighted by Crippen LogP contribution is -2.22. The lowest BCUT2D eigenvalue weighted by Gasteiger charge is -2.00. The second-order valence-electron chi connectivity index (χ2n) is 1.95. The van der Waals surface area contributed by atoms with Crippen LogP contribution in [-0.4, -0.2) is 18.5 Å². The Bertz CT molecular complexity index is 50.0. The summed E-state index contributed by atoms with van der Waals surface area (Å²) in [5, 5.41) is 3.27. The maximum Gasteiger partial charge on any atom is 0.0377 e. The SMILES string of the molecule is ClC[C@H]1CCCN1. The molecule has 0 saturated carbocycles. The number of rotatable bonds is 1. The first-order chi connectivity index (χ1) is 3.43. The van der Waals surface area contributed by atoms with E-state index < -0.39 is 0 Å². The Morgan fingerprint density at radius 2 is 2.57 bits per heavy atom. The Balaban J connectivity index is 2.14. The first-order valence-electron chi connectivity index (χ1n) is 2.73. The fraction of sp³-hybridized carbons (Fsp3) is 1.00. The molecule has 0 unspecified atom stereocenters. The zero-order valence-electron chi connectivity index (χ0n) is 4.28. The molecule has 0 aromatic rings. The van der Waals surface area contributed by atoms with E-state index in [9.17, 15) is 0 Å². The lowest BCUT2D eigenvalue weighted by atomic mass is 10.3. The highest BCUT2D eigenvalue weighted by molar-refractivity contribution is 6.18. The summed E-state index contributed by atoms with van der Waals surface area (Å²) in [5.74, 6) is 0.778. The monoisotopic (exact) mass is 119 g/mol. The molecule has 2 heteroatoms. The molecule has 1 saturated heterocycles. The van der Waals surface area contributed by atoms with Gasteiger partial charge in [-0.25, -0.2) is 0 Å². The van der Waals surface area contributed by atoms with Gasteiger partial charge >= 0.3 is 0 Å². The molecular formula is C5H10ClN. The van der Waals surface area contributed by atoms with Crippen molar-refractivity contribution in [2.45, 2.75) is 18.9 Å². The van der Waals surface area contributed by atoms with Crippen molar-refractivity contribution in [3.8, 4) is 0 Å². The molecule has 1 aliphatic rings. The minimum atomic E-state index is 0.613. The van der Waals surface area contributed by atoms with Crippen LogP contribution < -0.4 is 5.32 Å². The predicted molar refractivity (Wildman–Crippen MR) is 31.7 cm³/mol. The van der Waals surface area contributed by atoms with Crippen molar-refractivity contribution in [2.75, 3.05) is 12.4 Å². The fourth-order valence-electron chi connectivity index (χ4n) is 0.888. The maximum atomic E-state index is 5.55. The zero-order valence-corrected chi connectivity index (χ0v) is 5.04. The molecule has 0 aliphatic carbocycles. The first kappa shape index (κ1) is 5.39. The van der Waals surface area contributed by atoms with Crippen molar-refractivity contribution in [2.24, 2.45) is 0 Å².